The molecule has 30 heavy (non-hydrogen) atoms. The van der Waals surface area contributed by atoms with Gasteiger partial charge in [-0.1, -0.05) is 11.2 Å². The Balaban J connectivity index is 1.70. The van der Waals surface area contributed by atoms with Crippen molar-refractivity contribution in [2.24, 2.45) is 7.05 Å². The largest absolute Gasteiger partial charge is 0.496 e. The number of methoxy groups -OCH3 is 1. The summed E-state index contributed by atoms with van der Waals surface area (Å²) >= 11 is 0. The van der Waals surface area contributed by atoms with E-state index in [1.54, 1.807) is 17.7 Å². The van der Waals surface area contributed by atoms with Crippen molar-refractivity contribution < 1.29 is 13.8 Å². The second-order valence-corrected chi connectivity index (χ2v) is 7.95. The van der Waals surface area contributed by atoms with Gasteiger partial charge in [0.15, 0.2) is 6.20 Å². The van der Waals surface area contributed by atoms with Crippen molar-refractivity contribution in [3.63, 3.8) is 0 Å². The lowest BCUT2D eigenvalue weighted by molar-refractivity contribution is -0.679. The second-order valence-electron chi connectivity index (χ2n) is 7.95. The van der Waals surface area contributed by atoms with Crippen molar-refractivity contribution in [2.75, 3.05) is 7.11 Å². The standard InChI is InChI=1S/C24H24N3O3/c1-15-23(24(25-30-15)16-7-8-16)19-12-17-9-10-22(28)27(20(17)13-21(19)29-3)14-18-6-4-5-11-26(18)2/h4-6,9-13,16H,7-8,14H2,1-3H3/q+1. The third kappa shape index (κ3) is 3.09. The topological polar surface area (TPSA) is 61.1 Å². The second kappa shape index (κ2) is 7.13. The van der Waals surface area contributed by atoms with Crippen LogP contribution in [0.1, 0.15) is 35.9 Å². The van der Waals surface area contributed by atoms with Crippen LogP contribution in [0.2, 0.25) is 0 Å². The molecule has 0 amide bonds. The van der Waals surface area contributed by atoms with Crippen molar-refractivity contribution in [2.45, 2.75) is 32.2 Å². The fraction of sp³-hybridized carbons (Fsp3) is 0.292. The molecule has 3 aromatic heterocycles. The number of aryl methyl sites for hydroxylation is 2. The number of rotatable bonds is 5. The average Bonchev–Trinajstić information content (AvgIpc) is 3.52. The molecule has 6 heteroatoms. The van der Waals surface area contributed by atoms with E-state index < -0.39 is 0 Å². The van der Waals surface area contributed by atoms with Crippen molar-refractivity contribution in [3.05, 3.63) is 76.2 Å². The summed E-state index contributed by atoms with van der Waals surface area (Å²) < 4.78 is 15.1. The molecule has 1 saturated carbocycles. The summed E-state index contributed by atoms with van der Waals surface area (Å²) in [6.07, 6.45) is 4.27. The van der Waals surface area contributed by atoms with E-state index >= 15 is 0 Å². The maximum atomic E-state index is 12.8. The molecule has 0 spiro atoms. The number of benzene rings is 1. The average molecular weight is 402 g/mol. The lowest BCUT2D eigenvalue weighted by Gasteiger charge is -2.14. The molecule has 5 rings (SSSR count). The molecule has 0 atom stereocenters. The molecule has 1 aromatic carbocycles. The van der Waals surface area contributed by atoms with E-state index in [-0.39, 0.29) is 5.56 Å². The molecule has 1 fully saturated rings. The van der Waals surface area contributed by atoms with Crippen LogP contribution in [0.5, 0.6) is 5.75 Å². The molecule has 1 aliphatic rings. The number of nitrogens with zero attached hydrogens (tertiary/aromatic N) is 3. The Morgan fingerprint density at radius 1 is 1.23 bits per heavy atom. The molecule has 0 unspecified atom stereocenters. The van der Waals surface area contributed by atoms with Crippen molar-refractivity contribution >= 4 is 10.9 Å². The highest BCUT2D eigenvalue weighted by Crippen LogP contribution is 2.47. The summed E-state index contributed by atoms with van der Waals surface area (Å²) in [6.45, 7) is 2.42. The molecule has 0 N–H and O–H groups in total. The first-order valence-corrected chi connectivity index (χ1v) is 10.2. The third-order valence-corrected chi connectivity index (χ3v) is 5.92. The summed E-state index contributed by atoms with van der Waals surface area (Å²) in [4.78, 5) is 12.8. The van der Waals surface area contributed by atoms with Crippen molar-refractivity contribution in [3.8, 4) is 16.9 Å². The van der Waals surface area contributed by atoms with Gasteiger partial charge in [-0.15, -0.1) is 0 Å². The first kappa shape index (κ1) is 18.6. The quantitative estimate of drug-likeness (QED) is 0.477. The van der Waals surface area contributed by atoms with E-state index in [4.69, 9.17) is 9.26 Å². The number of hydrogen-bond acceptors (Lipinski definition) is 4. The van der Waals surface area contributed by atoms with Crippen LogP contribution >= 0.6 is 0 Å². The Morgan fingerprint density at radius 2 is 2.07 bits per heavy atom. The molecule has 3 heterocycles. The van der Waals surface area contributed by atoms with Crippen LogP contribution in [-0.2, 0) is 13.6 Å². The Morgan fingerprint density at radius 3 is 2.80 bits per heavy atom. The Bertz CT molecular complexity index is 1320. The van der Waals surface area contributed by atoms with E-state index in [2.05, 4.69) is 11.2 Å². The monoisotopic (exact) mass is 402 g/mol. The van der Waals surface area contributed by atoms with Crippen LogP contribution in [-0.4, -0.2) is 16.8 Å². The molecule has 152 valence electrons. The van der Waals surface area contributed by atoms with Crippen LogP contribution in [0, 0.1) is 6.92 Å². The summed E-state index contributed by atoms with van der Waals surface area (Å²) in [5.74, 6) is 1.97. The number of aromatic nitrogens is 3. The maximum absolute atomic E-state index is 12.8. The zero-order chi connectivity index (χ0) is 20.8. The fourth-order valence-corrected chi connectivity index (χ4v) is 4.09. The van der Waals surface area contributed by atoms with Gasteiger partial charge in [-0.3, -0.25) is 9.36 Å². The molecule has 0 bridgehead atoms. The Hall–Kier alpha value is -3.41. The molecule has 0 radical (unpaired) electrons. The van der Waals surface area contributed by atoms with Crippen LogP contribution in [0.4, 0.5) is 0 Å². The van der Waals surface area contributed by atoms with Gasteiger partial charge in [0.1, 0.15) is 25.1 Å². The zero-order valence-electron chi connectivity index (χ0n) is 17.4. The van der Waals surface area contributed by atoms with Gasteiger partial charge in [-0.05, 0) is 37.3 Å². The number of hydrogen-bond donors (Lipinski definition) is 0. The van der Waals surface area contributed by atoms with Crippen LogP contribution in [0.3, 0.4) is 0 Å². The van der Waals surface area contributed by atoms with E-state index in [9.17, 15) is 4.79 Å². The minimum Gasteiger partial charge on any atom is -0.496 e. The van der Waals surface area contributed by atoms with Gasteiger partial charge in [-0.25, -0.2) is 4.57 Å². The van der Waals surface area contributed by atoms with E-state index in [1.165, 1.54) is 0 Å². The highest BCUT2D eigenvalue weighted by molar-refractivity contribution is 5.89. The fourth-order valence-electron chi connectivity index (χ4n) is 4.09. The first-order valence-electron chi connectivity index (χ1n) is 10.2. The van der Waals surface area contributed by atoms with Gasteiger partial charge >= 0.3 is 0 Å². The van der Waals surface area contributed by atoms with Gasteiger partial charge in [0.2, 0.25) is 5.69 Å². The molecule has 0 aliphatic heterocycles. The maximum Gasteiger partial charge on any atom is 0.251 e. The highest BCUT2D eigenvalue weighted by Gasteiger charge is 2.32. The molecule has 0 saturated heterocycles. The summed E-state index contributed by atoms with van der Waals surface area (Å²) in [5.41, 5.74) is 4.83. The van der Waals surface area contributed by atoms with Gasteiger partial charge < -0.3 is 9.26 Å². The van der Waals surface area contributed by atoms with E-state index in [0.29, 0.717) is 18.2 Å². The van der Waals surface area contributed by atoms with E-state index in [1.807, 2.05) is 55.1 Å². The van der Waals surface area contributed by atoms with Gasteiger partial charge in [-0.2, -0.15) is 0 Å². The normalized spacial score (nSPS) is 13.7. The first-order chi connectivity index (χ1) is 14.6. The molecular formula is C24H24N3O3+. The van der Waals surface area contributed by atoms with Gasteiger partial charge in [0.25, 0.3) is 5.56 Å². The van der Waals surface area contributed by atoms with Crippen LogP contribution in [0.15, 0.2) is 58.0 Å². The van der Waals surface area contributed by atoms with Crippen molar-refractivity contribution in [1.29, 1.82) is 0 Å². The number of pyridine rings is 2. The molecule has 6 nitrogen and oxygen atoms in total. The predicted molar refractivity (Wildman–Crippen MR) is 114 cm³/mol. The van der Waals surface area contributed by atoms with Gasteiger partial charge in [0, 0.05) is 35.7 Å². The number of ether oxygens (including phenoxy) is 1. The summed E-state index contributed by atoms with van der Waals surface area (Å²) in [7, 11) is 3.64. The molecular weight excluding hydrogens is 378 g/mol. The van der Waals surface area contributed by atoms with Crippen LogP contribution < -0.4 is 14.9 Å². The Kier molecular flexibility index (Phi) is 4.42. The summed E-state index contributed by atoms with van der Waals surface area (Å²) in [5, 5.41) is 5.30. The Labute approximate surface area is 174 Å². The lowest BCUT2D eigenvalue weighted by Crippen LogP contribution is -2.35. The van der Waals surface area contributed by atoms with Crippen molar-refractivity contribution in [1.82, 2.24) is 9.72 Å². The molecule has 4 aromatic rings. The minimum absolute atomic E-state index is 0.0408. The summed E-state index contributed by atoms with van der Waals surface area (Å²) in [6, 6.07) is 13.5. The minimum atomic E-state index is -0.0408. The predicted octanol–water partition coefficient (Wildman–Crippen LogP) is 3.72. The zero-order valence-corrected chi connectivity index (χ0v) is 17.4. The third-order valence-electron chi connectivity index (χ3n) is 5.92. The van der Waals surface area contributed by atoms with E-state index in [0.717, 1.165) is 52.0 Å². The van der Waals surface area contributed by atoms with Gasteiger partial charge in [0.05, 0.1) is 23.9 Å². The van der Waals surface area contributed by atoms with Crippen LogP contribution in [0.25, 0.3) is 22.0 Å². The highest BCUT2D eigenvalue weighted by atomic mass is 16.5. The smallest absolute Gasteiger partial charge is 0.251 e. The number of fused-ring (bicyclic) bond motifs is 1. The SMILES string of the molecule is COc1cc2c(ccc(=O)n2Cc2cccc[n+]2C)cc1-c1c(C2CC2)noc1C. The molecule has 1 aliphatic carbocycles. The lowest BCUT2D eigenvalue weighted by atomic mass is 9.98.